The van der Waals surface area contributed by atoms with Crippen LogP contribution in [0.2, 0.25) is 0 Å². The Morgan fingerprint density at radius 2 is 2.00 bits per heavy atom. The SMILES string of the molecule is CC(Cl)c1nc2scc(-c3c(F)cccc3F)c2c(=O)[nH]1. The second-order valence-corrected chi connectivity index (χ2v) is 6.01. The van der Waals surface area contributed by atoms with Crippen LogP contribution in [-0.4, -0.2) is 9.97 Å². The molecule has 1 atom stereocenters. The molecule has 0 bridgehead atoms. The monoisotopic (exact) mass is 326 g/mol. The molecule has 3 nitrogen and oxygen atoms in total. The summed E-state index contributed by atoms with van der Waals surface area (Å²) in [4.78, 5) is 19.4. The second-order valence-electron chi connectivity index (χ2n) is 4.49. The van der Waals surface area contributed by atoms with Crippen LogP contribution >= 0.6 is 22.9 Å². The molecule has 21 heavy (non-hydrogen) atoms. The van der Waals surface area contributed by atoms with Gasteiger partial charge in [0, 0.05) is 10.9 Å². The van der Waals surface area contributed by atoms with Crippen LogP contribution in [0.15, 0.2) is 28.4 Å². The van der Waals surface area contributed by atoms with E-state index in [1.54, 1.807) is 6.92 Å². The lowest BCUT2D eigenvalue weighted by molar-refractivity contribution is 0.590. The molecule has 0 fully saturated rings. The van der Waals surface area contributed by atoms with Gasteiger partial charge >= 0.3 is 0 Å². The first-order valence-corrected chi connectivity index (χ1v) is 7.40. The molecule has 0 saturated heterocycles. The Morgan fingerprint density at radius 3 is 2.62 bits per heavy atom. The molecule has 0 radical (unpaired) electrons. The van der Waals surface area contributed by atoms with Gasteiger partial charge in [-0.15, -0.1) is 22.9 Å². The van der Waals surface area contributed by atoms with Crippen LogP contribution in [0.3, 0.4) is 0 Å². The lowest BCUT2D eigenvalue weighted by Gasteiger charge is -2.05. The third-order valence-electron chi connectivity index (χ3n) is 3.07. The molecular weight excluding hydrogens is 318 g/mol. The third kappa shape index (κ3) is 2.34. The third-order valence-corrected chi connectivity index (χ3v) is 4.15. The molecule has 1 N–H and O–H groups in total. The number of aromatic nitrogens is 2. The standard InChI is InChI=1S/C14H9ClF2N2OS/c1-6(15)12-18-13(20)11-7(5-21-14(11)19-12)10-8(16)3-2-4-9(10)17/h2-6H,1H3,(H,18,19,20). The van der Waals surface area contributed by atoms with E-state index in [-0.39, 0.29) is 16.5 Å². The van der Waals surface area contributed by atoms with Crippen molar-refractivity contribution in [1.82, 2.24) is 9.97 Å². The largest absolute Gasteiger partial charge is 0.309 e. The number of benzene rings is 1. The summed E-state index contributed by atoms with van der Waals surface area (Å²) in [7, 11) is 0. The molecule has 7 heteroatoms. The number of rotatable bonds is 2. The normalized spacial score (nSPS) is 12.8. The molecule has 0 aliphatic heterocycles. The smallest absolute Gasteiger partial charge is 0.260 e. The van der Waals surface area contributed by atoms with Crippen LogP contribution in [0.4, 0.5) is 8.78 Å². The van der Waals surface area contributed by atoms with E-state index < -0.39 is 22.6 Å². The first kappa shape index (κ1) is 14.2. The van der Waals surface area contributed by atoms with Crippen molar-refractivity contribution in [3.63, 3.8) is 0 Å². The van der Waals surface area contributed by atoms with Crippen LogP contribution in [0, 0.1) is 11.6 Å². The zero-order chi connectivity index (χ0) is 15.1. The Bertz CT molecular complexity index is 868. The number of nitrogens with zero attached hydrogens (tertiary/aromatic N) is 1. The molecule has 1 unspecified atom stereocenters. The highest BCUT2D eigenvalue weighted by molar-refractivity contribution is 7.17. The van der Waals surface area contributed by atoms with Gasteiger partial charge in [0.05, 0.1) is 16.3 Å². The number of halogens is 3. The Balaban J connectivity index is 2.34. The summed E-state index contributed by atoms with van der Waals surface area (Å²) in [6.07, 6.45) is 0. The summed E-state index contributed by atoms with van der Waals surface area (Å²) >= 11 is 7.05. The first-order chi connectivity index (χ1) is 9.99. The number of thiophene rings is 1. The number of hydrogen-bond donors (Lipinski definition) is 1. The van der Waals surface area contributed by atoms with Crippen molar-refractivity contribution in [1.29, 1.82) is 0 Å². The van der Waals surface area contributed by atoms with Gasteiger partial charge in [-0.3, -0.25) is 4.79 Å². The van der Waals surface area contributed by atoms with E-state index in [2.05, 4.69) is 9.97 Å². The van der Waals surface area contributed by atoms with Crippen molar-refractivity contribution in [2.75, 3.05) is 0 Å². The Kier molecular flexibility index (Phi) is 3.51. The topological polar surface area (TPSA) is 45.8 Å². The van der Waals surface area contributed by atoms with Gasteiger partial charge in [-0.1, -0.05) is 6.07 Å². The fraction of sp³-hybridized carbons (Fsp3) is 0.143. The number of hydrogen-bond acceptors (Lipinski definition) is 3. The molecule has 0 amide bonds. The number of fused-ring (bicyclic) bond motifs is 1. The van der Waals surface area contributed by atoms with Crippen LogP contribution in [0.25, 0.3) is 21.3 Å². The van der Waals surface area contributed by atoms with E-state index >= 15 is 0 Å². The zero-order valence-corrected chi connectivity index (χ0v) is 12.4. The van der Waals surface area contributed by atoms with E-state index in [1.807, 2.05) is 0 Å². The molecule has 2 heterocycles. The number of alkyl halides is 1. The van der Waals surface area contributed by atoms with Gasteiger partial charge in [-0.25, -0.2) is 13.8 Å². The second kappa shape index (κ2) is 5.20. The van der Waals surface area contributed by atoms with Gasteiger partial charge in [-0.2, -0.15) is 0 Å². The van der Waals surface area contributed by atoms with Gasteiger partial charge in [0.2, 0.25) is 0 Å². The van der Waals surface area contributed by atoms with Crippen molar-refractivity contribution in [2.45, 2.75) is 12.3 Å². The molecule has 0 aliphatic carbocycles. The van der Waals surface area contributed by atoms with Gasteiger partial charge in [0.25, 0.3) is 5.56 Å². The maximum Gasteiger partial charge on any atom is 0.260 e. The Morgan fingerprint density at radius 1 is 1.33 bits per heavy atom. The first-order valence-electron chi connectivity index (χ1n) is 6.09. The van der Waals surface area contributed by atoms with Crippen molar-refractivity contribution >= 4 is 33.2 Å². The Hall–Kier alpha value is -1.79. The van der Waals surface area contributed by atoms with E-state index in [4.69, 9.17) is 11.6 Å². The molecule has 0 saturated carbocycles. The molecule has 0 aliphatic rings. The summed E-state index contributed by atoms with van der Waals surface area (Å²) in [5, 5.41) is 1.24. The summed E-state index contributed by atoms with van der Waals surface area (Å²) in [5.41, 5.74) is -0.475. The highest BCUT2D eigenvalue weighted by Gasteiger charge is 2.19. The number of H-pyrrole nitrogens is 1. The average molecular weight is 327 g/mol. The minimum atomic E-state index is -0.719. The highest BCUT2D eigenvalue weighted by atomic mass is 35.5. The van der Waals surface area contributed by atoms with Crippen molar-refractivity contribution in [3.05, 3.63) is 51.4 Å². The van der Waals surface area contributed by atoms with E-state index in [1.165, 1.54) is 11.4 Å². The molecule has 2 aromatic heterocycles. The zero-order valence-electron chi connectivity index (χ0n) is 10.8. The van der Waals surface area contributed by atoms with Crippen LogP contribution in [0.5, 0.6) is 0 Å². The summed E-state index contributed by atoms with van der Waals surface area (Å²) in [6.45, 7) is 1.68. The fourth-order valence-electron chi connectivity index (χ4n) is 2.09. The van der Waals surface area contributed by atoms with E-state index in [9.17, 15) is 13.6 Å². The van der Waals surface area contributed by atoms with Crippen LogP contribution < -0.4 is 5.56 Å². The van der Waals surface area contributed by atoms with Gasteiger partial charge < -0.3 is 4.98 Å². The average Bonchev–Trinajstić information content (AvgIpc) is 2.83. The predicted molar refractivity (Wildman–Crippen MR) is 79.9 cm³/mol. The minimum Gasteiger partial charge on any atom is -0.309 e. The molecule has 1 aromatic carbocycles. The highest BCUT2D eigenvalue weighted by Crippen LogP contribution is 2.34. The molecule has 108 valence electrons. The Labute approximate surface area is 127 Å². The van der Waals surface area contributed by atoms with Crippen molar-refractivity contribution in [3.8, 4) is 11.1 Å². The van der Waals surface area contributed by atoms with Gasteiger partial charge in [0.15, 0.2) is 0 Å². The molecular formula is C14H9ClF2N2OS. The maximum atomic E-state index is 13.9. The summed E-state index contributed by atoms with van der Waals surface area (Å²) in [5.74, 6) is -1.11. The van der Waals surface area contributed by atoms with Crippen molar-refractivity contribution < 1.29 is 8.78 Å². The van der Waals surface area contributed by atoms with Crippen molar-refractivity contribution in [2.24, 2.45) is 0 Å². The van der Waals surface area contributed by atoms with E-state index in [0.717, 1.165) is 23.5 Å². The lowest BCUT2D eigenvalue weighted by atomic mass is 10.1. The molecule has 3 rings (SSSR count). The summed E-state index contributed by atoms with van der Waals surface area (Å²) < 4.78 is 27.8. The van der Waals surface area contributed by atoms with Crippen LogP contribution in [-0.2, 0) is 0 Å². The maximum absolute atomic E-state index is 13.9. The van der Waals surface area contributed by atoms with Gasteiger partial charge in [0.1, 0.15) is 22.3 Å². The fourth-order valence-corrected chi connectivity index (χ4v) is 3.13. The number of aromatic amines is 1. The van der Waals surface area contributed by atoms with Crippen LogP contribution in [0.1, 0.15) is 18.1 Å². The molecule has 0 spiro atoms. The molecule has 3 aromatic rings. The van der Waals surface area contributed by atoms with Gasteiger partial charge in [-0.05, 0) is 19.1 Å². The summed E-state index contributed by atoms with van der Waals surface area (Å²) in [6, 6.07) is 3.58. The quantitative estimate of drug-likeness (QED) is 0.716. The minimum absolute atomic E-state index is 0.171. The number of nitrogens with one attached hydrogen (secondary N) is 1. The van der Waals surface area contributed by atoms with E-state index in [0.29, 0.717) is 10.7 Å². The predicted octanol–water partition coefficient (Wildman–Crippen LogP) is 4.23. The lowest BCUT2D eigenvalue weighted by Crippen LogP contribution is -2.11.